The summed E-state index contributed by atoms with van der Waals surface area (Å²) in [5.74, 6) is -2.37. The standard InChI is InChI=1S/C21H18N2O7S/c1-29-10-7-8-12(30-2)14(9-10)31-13-6-4-3-5-11(13)15-16(20(25)26)18(22)23-19(24)17(15)21(27)28/h3-9H,1-2H3,(H,25,26)(H,27,28)(H3,22,23,24). The minimum atomic E-state index is -1.57. The lowest BCUT2D eigenvalue weighted by Gasteiger charge is -2.16. The number of methoxy groups -OCH3 is 2. The normalized spacial score (nSPS) is 10.5. The molecule has 31 heavy (non-hydrogen) atoms. The van der Waals surface area contributed by atoms with E-state index in [0.717, 1.165) is 0 Å². The largest absolute Gasteiger partial charge is 0.497 e. The Morgan fingerprint density at radius 1 is 0.968 bits per heavy atom. The number of ether oxygens (including phenoxy) is 2. The zero-order valence-electron chi connectivity index (χ0n) is 16.5. The average Bonchev–Trinajstić information content (AvgIpc) is 2.72. The maximum Gasteiger partial charge on any atom is 0.342 e. The number of carbonyl (C=O) groups is 2. The first kappa shape index (κ1) is 21.8. The number of rotatable bonds is 7. The van der Waals surface area contributed by atoms with E-state index in [0.29, 0.717) is 21.3 Å². The van der Waals surface area contributed by atoms with Crippen LogP contribution in [0.1, 0.15) is 20.7 Å². The Balaban J connectivity index is 2.31. The monoisotopic (exact) mass is 442 g/mol. The molecule has 1 aromatic heterocycles. The number of hydrogen-bond donors (Lipinski definition) is 4. The second-order valence-corrected chi connectivity index (χ2v) is 7.30. The number of aromatic nitrogens is 1. The molecule has 9 nitrogen and oxygen atoms in total. The van der Waals surface area contributed by atoms with Gasteiger partial charge in [-0.3, -0.25) is 4.79 Å². The van der Waals surface area contributed by atoms with Crippen molar-refractivity contribution in [3.8, 4) is 22.6 Å². The van der Waals surface area contributed by atoms with Gasteiger partial charge in [0.05, 0.1) is 19.1 Å². The molecule has 2 aromatic carbocycles. The van der Waals surface area contributed by atoms with Crippen LogP contribution >= 0.6 is 11.8 Å². The molecule has 0 aliphatic carbocycles. The molecule has 10 heteroatoms. The molecular weight excluding hydrogens is 424 g/mol. The lowest BCUT2D eigenvalue weighted by atomic mass is 9.95. The molecule has 0 aliphatic rings. The molecule has 0 saturated carbocycles. The average molecular weight is 442 g/mol. The second-order valence-electron chi connectivity index (χ2n) is 6.22. The van der Waals surface area contributed by atoms with Crippen LogP contribution in [-0.4, -0.2) is 41.4 Å². The molecular formula is C21H18N2O7S. The zero-order valence-corrected chi connectivity index (χ0v) is 17.3. The van der Waals surface area contributed by atoms with Crippen molar-refractivity contribution in [2.75, 3.05) is 20.0 Å². The van der Waals surface area contributed by atoms with E-state index in [2.05, 4.69) is 4.98 Å². The number of hydrogen-bond acceptors (Lipinski definition) is 7. The Morgan fingerprint density at radius 2 is 1.65 bits per heavy atom. The van der Waals surface area contributed by atoms with E-state index in [1.54, 1.807) is 36.4 Å². The van der Waals surface area contributed by atoms with Crippen LogP contribution in [0.3, 0.4) is 0 Å². The van der Waals surface area contributed by atoms with E-state index < -0.39 is 34.4 Å². The van der Waals surface area contributed by atoms with Gasteiger partial charge in [0.1, 0.15) is 28.4 Å². The van der Waals surface area contributed by atoms with Crippen LogP contribution in [0.2, 0.25) is 0 Å². The van der Waals surface area contributed by atoms with Gasteiger partial charge in [-0.2, -0.15) is 0 Å². The summed E-state index contributed by atoms with van der Waals surface area (Å²) in [5.41, 5.74) is 3.49. The summed E-state index contributed by atoms with van der Waals surface area (Å²) >= 11 is 1.20. The lowest BCUT2D eigenvalue weighted by molar-refractivity contribution is 0.0695. The van der Waals surface area contributed by atoms with Crippen LogP contribution in [0.15, 0.2) is 57.1 Å². The molecule has 3 aromatic rings. The number of nitrogens with two attached hydrogens (primary N) is 1. The molecule has 0 radical (unpaired) electrons. The fourth-order valence-electron chi connectivity index (χ4n) is 3.06. The van der Waals surface area contributed by atoms with E-state index in [-0.39, 0.29) is 11.1 Å². The summed E-state index contributed by atoms with van der Waals surface area (Å²) in [6.07, 6.45) is 0. The van der Waals surface area contributed by atoms with Gasteiger partial charge in [-0.05, 0) is 29.8 Å². The van der Waals surface area contributed by atoms with Crippen molar-refractivity contribution in [2.24, 2.45) is 0 Å². The third-order valence-electron chi connectivity index (χ3n) is 4.42. The van der Waals surface area contributed by atoms with Gasteiger partial charge in [0.2, 0.25) is 0 Å². The predicted molar refractivity (Wildman–Crippen MR) is 114 cm³/mol. The molecule has 3 rings (SSSR count). The number of nitrogen functional groups attached to an aromatic ring is 1. The highest BCUT2D eigenvalue weighted by molar-refractivity contribution is 7.99. The first-order valence-corrected chi connectivity index (χ1v) is 9.61. The van der Waals surface area contributed by atoms with Gasteiger partial charge in [-0.1, -0.05) is 30.0 Å². The van der Waals surface area contributed by atoms with Crippen LogP contribution < -0.4 is 20.8 Å². The first-order chi connectivity index (χ1) is 14.8. The summed E-state index contributed by atoms with van der Waals surface area (Å²) in [6, 6.07) is 11.7. The van der Waals surface area contributed by atoms with Crippen LogP contribution in [0.25, 0.3) is 11.1 Å². The van der Waals surface area contributed by atoms with Gasteiger partial charge in [-0.25, -0.2) is 9.59 Å². The van der Waals surface area contributed by atoms with Crippen molar-refractivity contribution < 1.29 is 29.3 Å². The van der Waals surface area contributed by atoms with Gasteiger partial charge in [0.25, 0.3) is 5.56 Å². The van der Waals surface area contributed by atoms with Crippen LogP contribution in [-0.2, 0) is 0 Å². The Bertz CT molecular complexity index is 1240. The number of carboxylic acids is 2. The van der Waals surface area contributed by atoms with Crippen molar-refractivity contribution in [1.82, 2.24) is 4.98 Å². The number of carboxylic acid groups (broad SMARTS) is 2. The molecule has 0 fully saturated rings. The molecule has 0 spiro atoms. The number of H-pyrrole nitrogens is 1. The SMILES string of the molecule is COc1ccc(OC)c(Sc2ccccc2-c2c(C(=O)O)c(N)[nH]c(=O)c2C(=O)O)c1. The Hall–Kier alpha value is -3.92. The molecule has 5 N–H and O–H groups in total. The van der Waals surface area contributed by atoms with Gasteiger partial charge in [0, 0.05) is 10.5 Å². The van der Waals surface area contributed by atoms with E-state index in [1.165, 1.54) is 32.0 Å². The third-order valence-corrected chi connectivity index (χ3v) is 5.53. The molecule has 1 heterocycles. The maximum atomic E-state index is 12.4. The van der Waals surface area contributed by atoms with E-state index in [1.807, 2.05) is 0 Å². The summed E-state index contributed by atoms with van der Waals surface area (Å²) in [4.78, 5) is 39.4. The molecule has 0 amide bonds. The van der Waals surface area contributed by atoms with Crippen LogP contribution in [0, 0.1) is 0 Å². The van der Waals surface area contributed by atoms with Crippen molar-refractivity contribution in [1.29, 1.82) is 0 Å². The highest BCUT2D eigenvalue weighted by atomic mass is 32.2. The molecule has 160 valence electrons. The highest BCUT2D eigenvalue weighted by Crippen LogP contribution is 2.43. The first-order valence-electron chi connectivity index (χ1n) is 8.80. The van der Waals surface area contributed by atoms with Crippen molar-refractivity contribution in [3.63, 3.8) is 0 Å². The summed E-state index contributed by atoms with van der Waals surface area (Å²) in [7, 11) is 3.02. The number of aromatic carboxylic acids is 2. The number of aromatic amines is 1. The Kier molecular flexibility index (Phi) is 6.21. The lowest BCUT2D eigenvalue weighted by Crippen LogP contribution is -2.24. The summed E-state index contributed by atoms with van der Waals surface area (Å²) < 4.78 is 10.6. The second kappa shape index (κ2) is 8.84. The fourth-order valence-corrected chi connectivity index (χ4v) is 4.15. The number of benzene rings is 2. The molecule has 0 bridgehead atoms. The minimum Gasteiger partial charge on any atom is -0.497 e. The fraction of sp³-hybridized carbons (Fsp3) is 0.0952. The van der Waals surface area contributed by atoms with Crippen molar-refractivity contribution in [2.45, 2.75) is 9.79 Å². The number of nitrogens with one attached hydrogen (secondary N) is 1. The maximum absolute atomic E-state index is 12.4. The van der Waals surface area contributed by atoms with Crippen LogP contribution in [0.4, 0.5) is 5.82 Å². The molecule has 0 aliphatic heterocycles. The van der Waals surface area contributed by atoms with E-state index >= 15 is 0 Å². The van der Waals surface area contributed by atoms with Gasteiger partial charge in [0.15, 0.2) is 0 Å². The third kappa shape index (κ3) is 4.19. The minimum absolute atomic E-state index is 0.227. The number of anilines is 1. The van der Waals surface area contributed by atoms with Gasteiger partial charge in [-0.15, -0.1) is 0 Å². The highest BCUT2D eigenvalue weighted by Gasteiger charge is 2.28. The van der Waals surface area contributed by atoms with Gasteiger partial charge >= 0.3 is 11.9 Å². The van der Waals surface area contributed by atoms with Crippen molar-refractivity contribution >= 4 is 29.5 Å². The topological polar surface area (TPSA) is 152 Å². The zero-order chi connectivity index (χ0) is 22.7. The molecule has 0 atom stereocenters. The quantitative estimate of drug-likeness (QED) is 0.432. The van der Waals surface area contributed by atoms with E-state index in [4.69, 9.17) is 15.2 Å². The van der Waals surface area contributed by atoms with E-state index in [9.17, 15) is 24.6 Å². The molecule has 0 saturated heterocycles. The van der Waals surface area contributed by atoms with Crippen molar-refractivity contribution in [3.05, 3.63) is 63.9 Å². The molecule has 0 unspecified atom stereocenters. The summed E-state index contributed by atoms with van der Waals surface area (Å²) in [5, 5.41) is 19.3. The smallest absolute Gasteiger partial charge is 0.342 e. The summed E-state index contributed by atoms with van der Waals surface area (Å²) in [6.45, 7) is 0. The van der Waals surface area contributed by atoms with Gasteiger partial charge < -0.3 is 30.4 Å². The predicted octanol–water partition coefficient (Wildman–Crippen LogP) is 3.19. The Morgan fingerprint density at radius 3 is 2.26 bits per heavy atom. The number of pyridine rings is 1. The Labute approximate surface area is 180 Å². The van der Waals surface area contributed by atoms with Crippen LogP contribution in [0.5, 0.6) is 11.5 Å².